The van der Waals surface area contributed by atoms with Crippen molar-refractivity contribution in [2.45, 2.75) is 12.7 Å². The number of nitrogens with one attached hydrogen (secondary N) is 2. The van der Waals surface area contributed by atoms with E-state index in [1.807, 2.05) is 0 Å². The lowest BCUT2D eigenvalue weighted by Gasteiger charge is -2.09. The molecule has 2 N–H and O–H groups in total. The third-order valence-electron chi connectivity index (χ3n) is 2.93. The molecule has 0 aliphatic carbocycles. The van der Waals surface area contributed by atoms with Gasteiger partial charge < -0.3 is 10.6 Å². The summed E-state index contributed by atoms with van der Waals surface area (Å²) in [5.41, 5.74) is -0.202. The topological polar surface area (TPSA) is 58.2 Å². The maximum absolute atomic E-state index is 12.4. The van der Waals surface area contributed by atoms with Gasteiger partial charge in [0.1, 0.15) is 0 Å². The highest BCUT2D eigenvalue weighted by molar-refractivity contribution is 7.12. The molecule has 0 saturated carbocycles. The maximum Gasteiger partial charge on any atom is 0.416 e. The highest BCUT2D eigenvalue weighted by Crippen LogP contribution is 2.28. The smallest absolute Gasteiger partial charge is 0.350 e. The van der Waals surface area contributed by atoms with E-state index in [2.05, 4.69) is 10.6 Å². The monoisotopic (exact) mass is 342 g/mol. The molecule has 0 radical (unpaired) electrons. The van der Waals surface area contributed by atoms with Gasteiger partial charge in [0.2, 0.25) is 5.91 Å². The lowest BCUT2D eigenvalue weighted by atomic mass is 10.1. The zero-order chi connectivity index (χ0) is 16.9. The summed E-state index contributed by atoms with van der Waals surface area (Å²) in [6.07, 6.45) is -4.38. The maximum atomic E-state index is 12.4. The number of rotatable bonds is 5. The summed E-state index contributed by atoms with van der Waals surface area (Å²) < 4.78 is 37.3. The second kappa shape index (κ2) is 7.28. The van der Waals surface area contributed by atoms with Crippen LogP contribution in [0, 0.1) is 0 Å². The van der Waals surface area contributed by atoms with Crippen molar-refractivity contribution in [3.63, 3.8) is 0 Å². The van der Waals surface area contributed by atoms with Crippen molar-refractivity contribution in [3.8, 4) is 0 Å². The van der Waals surface area contributed by atoms with Gasteiger partial charge in [0.05, 0.1) is 17.0 Å². The summed E-state index contributed by atoms with van der Waals surface area (Å²) in [6, 6.07) is 7.88. The molecule has 2 rings (SSSR count). The molecule has 0 spiro atoms. The van der Waals surface area contributed by atoms with E-state index < -0.39 is 17.6 Å². The molecule has 2 aromatic rings. The molecule has 8 heteroatoms. The van der Waals surface area contributed by atoms with Crippen LogP contribution in [0.2, 0.25) is 0 Å². The van der Waals surface area contributed by atoms with Gasteiger partial charge in [0.25, 0.3) is 5.91 Å². The summed E-state index contributed by atoms with van der Waals surface area (Å²) >= 11 is 1.26. The Morgan fingerprint density at radius 3 is 2.30 bits per heavy atom. The van der Waals surface area contributed by atoms with Gasteiger partial charge in [-0.25, -0.2) is 0 Å². The second-order valence-corrected chi connectivity index (χ2v) is 5.58. The summed E-state index contributed by atoms with van der Waals surface area (Å²) in [7, 11) is 0. The third-order valence-corrected chi connectivity index (χ3v) is 3.79. The molecular formula is C15H13F3N2O2S. The predicted molar refractivity (Wildman–Crippen MR) is 79.9 cm³/mol. The molecule has 4 nitrogen and oxygen atoms in total. The zero-order valence-electron chi connectivity index (χ0n) is 11.8. The summed E-state index contributed by atoms with van der Waals surface area (Å²) in [4.78, 5) is 23.7. The minimum atomic E-state index is -4.38. The highest BCUT2D eigenvalue weighted by Gasteiger charge is 2.29. The Morgan fingerprint density at radius 1 is 1.04 bits per heavy atom. The number of carbonyl (C=O) groups excluding carboxylic acids is 2. The Morgan fingerprint density at radius 2 is 1.74 bits per heavy atom. The van der Waals surface area contributed by atoms with Crippen LogP contribution in [0.4, 0.5) is 13.2 Å². The van der Waals surface area contributed by atoms with Gasteiger partial charge in [0, 0.05) is 6.54 Å². The van der Waals surface area contributed by atoms with E-state index in [1.165, 1.54) is 23.5 Å². The number of halogens is 3. The van der Waals surface area contributed by atoms with Gasteiger partial charge in [-0.05, 0) is 29.1 Å². The average Bonchev–Trinajstić information content (AvgIpc) is 3.04. The third kappa shape index (κ3) is 5.10. The van der Waals surface area contributed by atoms with Crippen LogP contribution in [0.15, 0.2) is 41.8 Å². The fourth-order valence-electron chi connectivity index (χ4n) is 1.73. The zero-order valence-corrected chi connectivity index (χ0v) is 12.6. The predicted octanol–water partition coefficient (Wildman–Crippen LogP) is 2.81. The molecule has 2 amide bonds. The highest BCUT2D eigenvalue weighted by atomic mass is 32.1. The Hall–Kier alpha value is -2.35. The fourth-order valence-corrected chi connectivity index (χ4v) is 2.37. The molecule has 23 heavy (non-hydrogen) atoms. The number of alkyl halides is 3. The van der Waals surface area contributed by atoms with E-state index in [9.17, 15) is 22.8 Å². The largest absolute Gasteiger partial charge is 0.416 e. The molecule has 1 aromatic heterocycles. The SMILES string of the molecule is O=C(CNC(=O)c1cccs1)NCc1ccc(C(F)(F)F)cc1. The van der Waals surface area contributed by atoms with E-state index in [-0.39, 0.29) is 19.0 Å². The molecule has 122 valence electrons. The van der Waals surface area contributed by atoms with E-state index in [1.54, 1.807) is 17.5 Å². The van der Waals surface area contributed by atoms with Crippen molar-refractivity contribution in [2.24, 2.45) is 0 Å². The van der Waals surface area contributed by atoms with Gasteiger partial charge in [-0.3, -0.25) is 9.59 Å². The number of amides is 2. The van der Waals surface area contributed by atoms with E-state index in [0.717, 1.165) is 12.1 Å². The molecule has 1 heterocycles. The van der Waals surface area contributed by atoms with Gasteiger partial charge in [-0.1, -0.05) is 18.2 Å². The molecule has 0 aliphatic rings. The molecule has 0 saturated heterocycles. The Kier molecular flexibility index (Phi) is 5.38. The van der Waals surface area contributed by atoms with Crippen molar-refractivity contribution in [2.75, 3.05) is 6.54 Å². The van der Waals surface area contributed by atoms with Gasteiger partial charge in [-0.2, -0.15) is 13.2 Å². The van der Waals surface area contributed by atoms with Crippen LogP contribution in [-0.4, -0.2) is 18.4 Å². The number of hydrogen-bond acceptors (Lipinski definition) is 3. The van der Waals surface area contributed by atoms with Crippen LogP contribution in [0.25, 0.3) is 0 Å². The molecule has 1 aromatic carbocycles. The van der Waals surface area contributed by atoms with E-state index >= 15 is 0 Å². The van der Waals surface area contributed by atoms with Crippen LogP contribution in [0.3, 0.4) is 0 Å². The Bertz CT molecular complexity index is 667. The molecule has 0 atom stereocenters. The minimum absolute atomic E-state index is 0.0891. The lowest BCUT2D eigenvalue weighted by Crippen LogP contribution is -2.36. The number of benzene rings is 1. The van der Waals surface area contributed by atoms with Crippen LogP contribution < -0.4 is 10.6 Å². The van der Waals surface area contributed by atoms with Crippen molar-refractivity contribution >= 4 is 23.2 Å². The Balaban J connectivity index is 1.77. The lowest BCUT2D eigenvalue weighted by molar-refractivity contribution is -0.137. The normalized spacial score (nSPS) is 11.1. The van der Waals surface area contributed by atoms with Crippen LogP contribution >= 0.6 is 11.3 Å². The molecule has 0 bridgehead atoms. The first-order chi connectivity index (χ1) is 10.9. The van der Waals surface area contributed by atoms with Crippen molar-refractivity contribution in [3.05, 3.63) is 57.8 Å². The first-order valence-electron chi connectivity index (χ1n) is 6.61. The summed E-state index contributed by atoms with van der Waals surface area (Å²) in [6.45, 7) is -0.108. The van der Waals surface area contributed by atoms with E-state index in [4.69, 9.17) is 0 Å². The second-order valence-electron chi connectivity index (χ2n) is 4.63. The molecule has 0 unspecified atom stereocenters. The van der Waals surface area contributed by atoms with E-state index in [0.29, 0.717) is 10.4 Å². The summed E-state index contributed by atoms with van der Waals surface area (Å²) in [5.74, 6) is -0.764. The van der Waals surface area contributed by atoms with Crippen molar-refractivity contribution in [1.82, 2.24) is 10.6 Å². The molecule has 0 fully saturated rings. The number of thiophene rings is 1. The minimum Gasteiger partial charge on any atom is -0.350 e. The standard InChI is InChI=1S/C15H13F3N2O2S/c16-15(17,18)11-5-3-10(4-6-11)8-19-13(21)9-20-14(22)12-2-1-7-23-12/h1-7H,8-9H2,(H,19,21)(H,20,22). The quantitative estimate of drug-likeness (QED) is 0.878. The van der Waals surface area contributed by atoms with Crippen LogP contribution in [-0.2, 0) is 17.5 Å². The summed E-state index contributed by atoms with van der Waals surface area (Å²) in [5, 5.41) is 6.74. The molecule has 0 aliphatic heterocycles. The first kappa shape index (κ1) is 17.0. The van der Waals surface area contributed by atoms with Gasteiger partial charge in [0.15, 0.2) is 0 Å². The van der Waals surface area contributed by atoms with Crippen LogP contribution in [0.1, 0.15) is 20.8 Å². The number of hydrogen-bond donors (Lipinski definition) is 2. The number of carbonyl (C=O) groups is 2. The average molecular weight is 342 g/mol. The first-order valence-corrected chi connectivity index (χ1v) is 7.49. The Labute approximate surface area is 134 Å². The van der Waals surface area contributed by atoms with Crippen molar-refractivity contribution in [1.29, 1.82) is 0 Å². The van der Waals surface area contributed by atoms with Gasteiger partial charge in [-0.15, -0.1) is 11.3 Å². The molecular weight excluding hydrogens is 329 g/mol. The fraction of sp³-hybridized carbons (Fsp3) is 0.200. The van der Waals surface area contributed by atoms with Crippen molar-refractivity contribution < 1.29 is 22.8 Å². The van der Waals surface area contributed by atoms with Crippen LogP contribution in [0.5, 0.6) is 0 Å². The van der Waals surface area contributed by atoms with Gasteiger partial charge >= 0.3 is 6.18 Å².